The van der Waals surface area contributed by atoms with Crippen LogP contribution in [-0.2, 0) is 6.54 Å². The Bertz CT molecular complexity index is 490. The summed E-state index contributed by atoms with van der Waals surface area (Å²) in [5.41, 5.74) is 2.33. The first-order valence-corrected chi connectivity index (χ1v) is 6.55. The molecule has 1 N–H and O–H groups in total. The van der Waals surface area contributed by atoms with Crippen molar-refractivity contribution in [3.8, 4) is 0 Å². The summed E-state index contributed by atoms with van der Waals surface area (Å²) in [4.78, 5) is 17.5. The predicted molar refractivity (Wildman–Crippen MR) is 73.1 cm³/mol. The zero-order valence-electron chi connectivity index (χ0n) is 11.6. The molecular formula is C13H20N4O2. The van der Waals surface area contributed by atoms with Gasteiger partial charge >= 0.3 is 0 Å². The molecule has 1 fully saturated rings. The third-order valence-corrected chi connectivity index (χ3v) is 3.75. The van der Waals surface area contributed by atoms with Crippen LogP contribution in [0.4, 0.5) is 5.69 Å². The second kappa shape index (κ2) is 5.63. The highest BCUT2D eigenvalue weighted by Crippen LogP contribution is 2.25. The van der Waals surface area contributed by atoms with E-state index in [1.54, 1.807) is 20.0 Å². The SMILES string of the molecule is Cc1cnc(CN2CCNC[C@@H]2C)c(C)c1[N+](=O)[O-]. The summed E-state index contributed by atoms with van der Waals surface area (Å²) in [7, 11) is 0. The number of nitrogens with one attached hydrogen (secondary N) is 1. The Morgan fingerprint density at radius 3 is 2.95 bits per heavy atom. The first kappa shape index (κ1) is 13.9. The summed E-state index contributed by atoms with van der Waals surface area (Å²) in [6.07, 6.45) is 1.60. The molecule has 0 unspecified atom stereocenters. The van der Waals surface area contributed by atoms with Crippen LogP contribution in [0, 0.1) is 24.0 Å². The topological polar surface area (TPSA) is 71.3 Å². The van der Waals surface area contributed by atoms with Crippen LogP contribution in [-0.4, -0.2) is 40.5 Å². The molecule has 1 aliphatic rings. The van der Waals surface area contributed by atoms with Gasteiger partial charge in [0, 0.05) is 49.5 Å². The summed E-state index contributed by atoms with van der Waals surface area (Å²) < 4.78 is 0. The molecule has 6 heteroatoms. The van der Waals surface area contributed by atoms with Crippen LogP contribution in [0.15, 0.2) is 6.20 Å². The molecule has 0 amide bonds. The average Bonchev–Trinajstić information content (AvgIpc) is 2.35. The molecule has 104 valence electrons. The number of aromatic nitrogens is 1. The Morgan fingerprint density at radius 1 is 1.58 bits per heavy atom. The van der Waals surface area contributed by atoms with E-state index < -0.39 is 0 Å². The van der Waals surface area contributed by atoms with E-state index >= 15 is 0 Å². The maximum absolute atomic E-state index is 11.1. The summed E-state index contributed by atoms with van der Waals surface area (Å²) in [6.45, 7) is 9.21. The van der Waals surface area contributed by atoms with Crippen molar-refractivity contribution in [2.75, 3.05) is 19.6 Å². The van der Waals surface area contributed by atoms with Gasteiger partial charge in [-0.15, -0.1) is 0 Å². The molecule has 0 aliphatic carbocycles. The van der Waals surface area contributed by atoms with Crippen molar-refractivity contribution < 1.29 is 4.92 Å². The third-order valence-electron chi connectivity index (χ3n) is 3.75. The number of hydrogen-bond donors (Lipinski definition) is 1. The molecule has 1 saturated heterocycles. The lowest BCUT2D eigenvalue weighted by molar-refractivity contribution is -0.386. The normalized spacial score (nSPS) is 20.5. The smallest absolute Gasteiger partial charge is 0.278 e. The van der Waals surface area contributed by atoms with Gasteiger partial charge in [0.25, 0.3) is 5.69 Å². The summed E-state index contributed by atoms with van der Waals surface area (Å²) in [6, 6.07) is 0.426. The number of pyridine rings is 1. The molecule has 0 bridgehead atoms. The number of piperazine rings is 1. The van der Waals surface area contributed by atoms with Crippen molar-refractivity contribution in [1.82, 2.24) is 15.2 Å². The van der Waals surface area contributed by atoms with E-state index in [0.717, 1.165) is 25.3 Å². The lowest BCUT2D eigenvalue weighted by atomic mass is 10.1. The molecule has 2 heterocycles. The van der Waals surface area contributed by atoms with Gasteiger partial charge in [-0.3, -0.25) is 20.0 Å². The third kappa shape index (κ3) is 2.90. The summed E-state index contributed by atoms with van der Waals surface area (Å²) in [5.74, 6) is 0. The van der Waals surface area contributed by atoms with E-state index in [9.17, 15) is 10.1 Å². The predicted octanol–water partition coefficient (Wildman–Crippen LogP) is 1.40. The second-order valence-corrected chi connectivity index (χ2v) is 5.14. The van der Waals surface area contributed by atoms with E-state index in [1.807, 2.05) is 0 Å². The standard InChI is InChI=1S/C13H20N4O2/c1-9-6-15-12(11(3)13(9)17(18)19)8-16-5-4-14-7-10(16)2/h6,10,14H,4-5,7-8H2,1-3H3/t10-/m0/s1. The first-order valence-electron chi connectivity index (χ1n) is 6.55. The van der Waals surface area contributed by atoms with E-state index in [0.29, 0.717) is 23.7 Å². The van der Waals surface area contributed by atoms with Crippen LogP contribution in [0.3, 0.4) is 0 Å². The minimum absolute atomic E-state index is 0.202. The van der Waals surface area contributed by atoms with Gasteiger partial charge in [-0.25, -0.2) is 0 Å². The van der Waals surface area contributed by atoms with Gasteiger partial charge in [0.15, 0.2) is 0 Å². The Morgan fingerprint density at radius 2 is 2.32 bits per heavy atom. The van der Waals surface area contributed by atoms with Crippen molar-refractivity contribution in [2.24, 2.45) is 0 Å². The molecule has 0 saturated carbocycles. The Hall–Kier alpha value is -1.53. The zero-order chi connectivity index (χ0) is 14.0. The van der Waals surface area contributed by atoms with E-state index in [4.69, 9.17) is 0 Å². The number of aryl methyl sites for hydroxylation is 1. The molecule has 1 aromatic heterocycles. The van der Waals surface area contributed by atoms with Crippen LogP contribution >= 0.6 is 0 Å². The number of nitro groups is 1. The molecule has 2 rings (SSSR count). The number of hydrogen-bond acceptors (Lipinski definition) is 5. The molecule has 19 heavy (non-hydrogen) atoms. The highest BCUT2D eigenvalue weighted by molar-refractivity contribution is 5.47. The van der Waals surface area contributed by atoms with Gasteiger partial charge < -0.3 is 5.32 Å². The quantitative estimate of drug-likeness (QED) is 0.660. The molecule has 6 nitrogen and oxygen atoms in total. The Kier molecular flexibility index (Phi) is 4.11. The van der Waals surface area contributed by atoms with E-state index in [-0.39, 0.29) is 10.6 Å². The van der Waals surface area contributed by atoms with Crippen molar-refractivity contribution in [3.63, 3.8) is 0 Å². The minimum atomic E-state index is -0.308. The summed E-state index contributed by atoms with van der Waals surface area (Å²) in [5, 5.41) is 14.4. The van der Waals surface area contributed by atoms with Crippen LogP contribution in [0.1, 0.15) is 23.7 Å². The number of nitrogens with zero attached hydrogens (tertiary/aromatic N) is 3. The maximum Gasteiger partial charge on any atom is 0.278 e. The van der Waals surface area contributed by atoms with Crippen LogP contribution < -0.4 is 5.32 Å². The lowest BCUT2D eigenvalue weighted by Crippen LogP contribution is -2.49. The largest absolute Gasteiger partial charge is 0.314 e. The molecule has 1 aromatic rings. The Labute approximate surface area is 113 Å². The van der Waals surface area contributed by atoms with E-state index in [1.165, 1.54) is 0 Å². The van der Waals surface area contributed by atoms with Crippen LogP contribution in [0.25, 0.3) is 0 Å². The fourth-order valence-electron chi connectivity index (χ4n) is 2.52. The van der Waals surface area contributed by atoms with Crippen molar-refractivity contribution in [3.05, 3.63) is 33.1 Å². The van der Waals surface area contributed by atoms with Crippen LogP contribution in [0.2, 0.25) is 0 Å². The Balaban J connectivity index is 2.25. The van der Waals surface area contributed by atoms with Gasteiger partial charge in [-0.05, 0) is 20.8 Å². The van der Waals surface area contributed by atoms with Crippen molar-refractivity contribution in [2.45, 2.75) is 33.4 Å². The van der Waals surface area contributed by atoms with Gasteiger partial charge in [0.1, 0.15) is 0 Å². The van der Waals surface area contributed by atoms with Gasteiger partial charge in [0.2, 0.25) is 0 Å². The average molecular weight is 264 g/mol. The minimum Gasteiger partial charge on any atom is -0.314 e. The highest BCUT2D eigenvalue weighted by atomic mass is 16.6. The monoisotopic (exact) mass is 264 g/mol. The van der Waals surface area contributed by atoms with Gasteiger partial charge in [-0.2, -0.15) is 0 Å². The highest BCUT2D eigenvalue weighted by Gasteiger charge is 2.23. The van der Waals surface area contributed by atoms with Crippen LogP contribution in [0.5, 0.6) is 0 Å². The van der Waals surface area contributed by atoms with E-state index in [2.05, 4.69) is 22.1 Å². The number of rotatable bonds is 3. The van der Waals surface area contributed by atoms with Crippen molar-refractivity contribution >= 4 is 5.69 Å². The second-order valence-electron chi connectivity index (χ2n) is 5.14. The first-order chi connectivity index (χ1) is 9.00. The molecule has 1 atom stereocenters. The molecule has 0 aromatic carbocycles. The fraction of sp³-hybridized carbons (Fsp3) is 0.615. The van der Waals surface area contributed by atoms with Crippen molar-refractivity contribution in [1.29, 1.82) is 0 Å². The molecular weight excluding hydrogens is 244 g/mol. The maximum atomic E-state index is 11.1. The molecule has 0 radical (unpaired) electrons. The lowest BCUT2D eigenvalue weighted by Gasteiger charge is -2.33. The van der Waals surface area contributed by atoms with Gasteiger partial charge in [-0.1, -0.05) is 0 Å². The molecule has 1 aliphatic heterocycles. The van der Waals surface area contributed by atoms with Gasteiger partial charge in [0.05, 0.1) is 10.6 Å². The summed E-state index contributed by atoms with van der Waals surface area (Å²) >= 11 is 0. The molecule has 0 spiro atoms. The fourth-order valence-corrected chi connectivity index (χ4v) is 2.52. The zero-order valence-corrected chi connectivity index (χ0v) is 11.6.